The molecule has 0 spiro atoms. The van der Waals surface area contributed by atoms with Crippen molar-refractivity contribution in [1.82, 2.24) is 19.9 Å². The number of morpholine rings is 1. The Hall–Kier alpha value is -2.75. The summed E-state index contributed by atoms with van der Waals surface area (Å²) in [5.41, 5.74) is 4.14. The fourth-order valence-electron chi connectivity index (χ4n) is 3.11. The summed E-state index contributed by atoms with van der Waals surface area (Å²) in [6.45, 7) is 7.01. The zero-order valence-corrected chi connectivity index (χ0v) is 19.1. The number of anilines is 4. The van der Waals surface area contributed by atoms with Gasteiger partial charge in [0.25, 0.3) is 0 Å². The van der Waals surface area contributed by atoms with Crippen molar-refractivity contribution in [2.75, 3.05) is 36.9 Å². The highest BCUT2D eigenvalue weighted by Gasteiger charge is 2.17. The average molecular weight is 453 g/mol. The maximum atomic E-state index is 5.63. The number of aromatic nitrogens is 3. The topological polar surface area (TPSA) is 75.2 Å². The number of aryl methyl sites for hydroxylation is 2. The molecule has 0 bridgehead atoms. The second-order valence-corrected chi connectivity index (χ2v) is 8.82. The van der Waals surface area contributed by atoms with E-state index in [4.69, 9.17) is 17.0 Å². The molecule has 0 amide bonds. The fraction of sp³-hybridized carbons (Fsp3) is 0.273. The van der Waals surface area contributed by atoms with Gasteiger partial charge in [0.2, 0.25) is 17.1 Å². The average Bonchev–Trinajstić information content (AvgIpc) is 2.74. The molecule has 1 aromatic heterocycles. The first-order valence-corrected chi connectivity index (χ1v) is 11.3. The fourth-order valence-corrected chi connectivity index (χ4v) is 4.24. The van der Waals surface area contributed by atoms with Crippen LogP contribution in [-0.4, -0.2) is 50.5 Å². The van der Waals surface area contributed by atoms with Crippen molar-refractivity contribution in [2.24, 2.45) is 0 Å². The molecule has 0 radical (unpaired) electrons. The summed E-state index contributed by atoms with van der Waals surface area (Å²) < 4.78 is 6.15. The Labute approximate surface area is 191 Å². The maximum Gasteiger partial charge on any atom is 0.233 e. The molecule has 9 heteroatoms. The van der Waals surface area contributed by atoms with Gasteiger partial charge in [-0.05, 0) is 61.0 Å². The molecular weight excluding hydrogens is 428 g/mol. The molecule has 31 heavy (non-hydrogen) atoms. The van der Waals surface area contributed by atoms with Crippen molar-refractivity contribution in [2.45, 2.75) is 19.0 Å². The third-order valence-corrected chi connectivity index (χ3v) is 5.92. The van der Waals surface area contributed by atoms with E-state index in [2.05, 4.69) is 30.5 Å². The number of thioether (sulfide) groups is 1. The third-order valence-electron chi connectivity index (χ3n) is 4.61. The van der Waals surface area contributed by atoms with Gasteiger partial charge in [-0.1, -0.05) is 36.5 Å². The number of hydrogen-bond acceptors (Lipinski definition) is 8. The normalized spacial score (nSPS) is 13.7. The monoisotopic (exact) mass is 452 g/mol. The van der Waals surface area contributed by atoms with Gasteiger partial charge in [0.15, 0.2) is 0 Å². The summed E-state index contributed by atoms with van der Waals surface area (Å²) in [5.74, 6) is 0.922. The van der Waals surface area contributed by atoms with E-state index in [0.29, 0.717) is 30.3 Å². The molecule has 2 aromatic carbocycles. The van der Waals surface area contributed by atoms with Gasteiger partial charge in [-0.25, -0.2) is 0 Å². The van der Waals surface area contributed by atoms with E-state index in [1.54, 1.807) is 0 Å². The van der Waals surface area contributed by atoms with Gasteiger partial charge in [0.05, 0.1) is 13.2 Å². The highest BCUT2D eigenvalue weighted by atomic mass is 32.2. The molecule has 3 aromatic rings. The highest BCUT2D eigenvalue weighted by molar-refractivity contribution is 8.22. The van der Waals surface area contributed by atoms with Crippen LogP contribution in [0, 0.1) is 13.8 Å². The summed E-state index contributed by atoms with van der Waals surface area (Å²) in [5, 5.41) is 7.10. The Morgan fingerprint density at radius 2 is 1.45 bits per heavy atom. The molecule has 4 rings (SSSR count). The molecular formula is C22H24N6OS2. The summed E-state index contributed by atoms with van der Waals surface area (Å²) in [4.78, 5) is 15.9. The number of thiocarbonyl (C=S) groups is 1. The Morgan fingerprint density at radius 3 is 1.97 bits per heavy atom. The molecule has 1 saturated heterocycles. The number of nitrogens with one attached hydrogen (secondary N) is 2. The second kappa shape index (κ2) is 10.0. The molecule has 0 unspecified atom stereocenters. The van der Waals surface area contributed by atoms with Gasteiger partial charge in [-0.15, -0.1) is 0 Å². The molecule has 2 heterocycles. The zero-order chi connectivity index (χ0) is 21.6. The van der Waals surface area contributed by atoms with E-state index in [0.717, 1.165) is 39.9 Å². The number of benzene rings is 2. The molecule has 0 atom stereocenters. The predicted octanol–water partition coefficient (Wildman–Crippen LogP) is 4.68. The minimum absolute atomic E-state index is 0.461. The minimum Gasteiger partial charge on any atom is -0.378 e. The minimum atomic E-state index is 0.461. The van der Waals surface area contributed by atoms with Gasteiger partial charge in [0.1, 0.15) is 4.32 Å². The van der Waals surface area contributed by atoms with Crippen LogP contribution in [0.5, 0.6) is 0 Å². The first-order valence-electron chi connectivity index (χ1n) is 10.0. The quantitative estimate of drug-likeness (QED) is 0.424. The summed E-state index contributed by atoms with van der Waals surface area (Å²) >= 11 is 6.99. The standard InChI is InChI=1S/C22H24N6OS2/c1-15-5-3-7-17(13-15)23-19-25-20(24-18-8-4-6-16(2)14-18)27-21(26-19)31-22(30)28-9-11-29-12-10-28/h3-8,13-14H,9-12H2,1-2H3,(H2,23,24,25,26,27). The molecule has 2 N–H and O–H groups in total. The second-order valence-electron chi connectivity index (χ2n) is 7.22. The van der Waals surface area contributed by atoms with E-state index in [-0.39, 0.29) is 0 Å². The van der Waals surface area contributed by atoms with Crippen molar-refractivity contribution in [3.8, 4) is 0 Å². The van der Waals surface area contributed by atoms with Gasteiger partial charge >= 0.3 is 0 Å². The molecule has 0 saturated carbocycles. The van der Waals surface area contributed by atoms with Gasteiger partial charge in [0, 0.05) is 24.5 Å². The van der Waals surface area contributed by atoms with Crippen LogP contribution in [-0.2, 0) is 4.74 Å². The van der Waals surface area contributed by atoms with E-state index in [1.165, 1.54) is 11.8 Å². The first kappa shape index (κ1) is 21.5. The van der Waals surface area contributed by atoms with Crippen molar-refractivity contribution in [1.29, 1.82) is 0 Å². The van der Waals surface area contributed by atoms with Gasteiger partial charge < -0.3 is 20.3 Å². The van der Waals surface area contributed by atoms with Crippen LogP contribution in [0.2, 0.25) is 0 Å². The van der Waals surface area contributed by atoms with Crippen molar-refractivity contribution in [3.63, 3.8) is 0 Å². The zero-order valence-electron chi connectivity index (χ0n) is 17.5. The number of ether oxygens (including phenoxy) is 1. The smallest absolute Gasteiger partial charge is 0.233 e. The molecule has 160 valence electrons. The largest absolute Gasteiger partial charge is 0.378 e. The number of hydrogen-bond donors (Lipinski definition) is 2. The summed E-state index contributed by atoms with van der Waals surface area (Å²) in [7, 11) is 0. The lowest BCUT2D eigenvalue weighted by Crippen LogP contribution is -2.38. The van der Waals surface area contributed by atoms with E-state index >= 15 is 0 Å². The number of nitrogens with zero attached hydrogens (tertiary/aromatic N) is 4. The summed E-state index contributed by atoms with van der Waals surface area (Å²) in [6.07, 6.45) is 0. The van der Waals surface area contributed by atoms with Crippen molar-refractivity contribution < 1.29 is 4.74 Å². The Balaban J connectivity index is 1.59. The van der Waals surface area contributed by atoms with Crippen LogP contribution in [0.25, 0.3) is 0 Å². The third kappa shape index (κ3) is 6.13. The molecule has 1 fully saturated rings. The van der Waals surface area contributed by atoms with Crippen molar-refractivity contribution >= 4 is 51.6 Å². The lowest BCUT2D eigenvalue weighted by atomic mass is 10.2. The van der Waals surface area contributed by atoms with E-state index in [1.807, 2.05) is 62.4 Å². The highest BCUT2D eigenvalue weighted by Crippen LogP contribution is 2.24. The van der Waals surface area contributed by atoms with Crippen LogP contribution in [0.1, 0.15) is 11.1 Å². The van der Waals surface area contributed by atoms with E-state index < -0.39 is 0 Å². The van der Waals surface area contributed by atoms with Crippen LogP contribution in [0.3, 0.4) is 0 Å². The molecule has 7 nitrogen and oxygen atoms in total. The summed E-state index contributed by atoms with van der Waals surface area (Å²) in [6, 6.07) is 16.1. The maximum absolute atomic E-state index is 5.63. The van der Waals surface area contributed by atoms with Crippen LogP contribution in [0.4, 0.5) is 23.3 Å². The Morgan fingerprint density at radius 1 is 0.903 bits per heavy atom. The molecule has 1 aliphatic heterocycles. The van der Waals surface area contributed by atoms with Crippen LogP contribution < -0.4 is 10.6 Å². The van der Waals surface area contributed by atoms with Crippen molar-refractivity contribution in [3.05, 3.63) is 59.7 Å². The molecule has 1 aliphatic rings. The predicted molar refractivity (Wildman–Crippen MR) is 130 cm³/mol. The van der Waals surface area contributed by atoms with Gasteiger partial charge in [-0.2, -0.15) is 15.0 Å². The Bertz CT molecular complexity index is 1010. The first-order chi connectivity index (χ1) is 15.0. The lowest BCUT2D eigenvalue weighted by molar-refractivity contribution is 0.0702. The van der Waals surface area contributed by atoms with E-state index in [9.17, 15) is 0 Å². The van der Waals surface area contributed by atoms with Crippen LogP contribution >= 0.6 is 24.0 Å². The van der Waals surface area contributed by atoms with Gasteiger partial charge in [-0.3, -0.25) is 0 Å². The lowest BCUT2D eigenvalue weighted by Gasteiger charge is -2.28. The SMILES string of the molecule is Cc1cccc(Nc2nc(Nc3cccc(C)c3)nc(SC(=S)N3CCOCC3)n2)c1. The Kier molecular flexibility index (Phi) is 6.96. The van der Waals surface area contributed by atoms with Crippen LogP contribution in [0.15, 0.2) is 53.7 Å². The molecule has 0 aliphatic carbocycles. The number of rotatable bonds is 5.